The minimum absolute atomic E-state index is 0.219. The molecule has 2 amide bonds. The Morgan fingerprint density at radius 3 is 2.50 bits per heavy atom. The standard InChI is InChI=1S/C9H10ClN3O/c1-6(11)12-9(14)13-8-4-2-7(10)3-5-8/h2-5H,1H3,(H3,11,12,13,14). The number of aliphatic imine (C=N–C) groups is 1. The SMILES string of the molecule is C/C(N)=N/C(=O)Nc1ccc(Cl)cc1. The molecule has 74 valence electrons. The second-order valence-electron chi connectivity index (χ2n) is 2.69. The molecule has 1 aromatic rings. The van der Waals surface area contributed by atoms with Crippen molar-refractivity contribution < 1.29 is 4.79 Å². The maximum atomic E-state index is 11.1. The van der Waals surface area contributed by atoms with Crippen LogP contribution in [0.3, 0.4) is 0 Å². The summed E-state index contributed by atoms with van der Waals surface area (Å²) in [6.07, 6.45) is 0. The molecule has 0 spiro atoms. The lowest BCUT2D eigenvalue weighted by Gasteiger charge is -2.00. The number of urea groups is 1. The zero-order chi connectivity index (χ0) is 10.6. The van der Waals surface area contributed by atoms with Crippen LogP contribution < -0.4 is 11.1 Å². The van der Waals surface area contributed by atoms with Crippen LogP contribution in [-0.4, -0.2) is 11.9 Å². The Labute approximate surface area is 86.8 Å². The van der Waals surface area contributed by atoms with Crippen LogP contribution in [0.2, 0.25) is 5.02 Å². The van der Waals surface area contributed by atoms with Gasteiger partial charge in [0.25, 0.3) is 0 Å². The average Bonchev–Trinajstić information content (AvgIpc) is 2.07. The van der Waals surface area contributed by atoms with E-state index in [1.54, 1.807) is 31.2 Å². The third kappa shape index (κ3) is 3.45. The zero-order valence-corrected chi connectivity index (χ0v) is 8.38. The van der Waals surface area contributed by atoms with Crippen molar-refractivity contribution in [3.63, 3.8) is 0 Å². The van der Waals surface area contributed by atoms with Gasteiger partial charge in [-0.15, -0.1) is 0 Å². The van der Waals surface area contributed by atoms with Crippen molar-refractivity contribution in [2.24, 2.45) is 10.7 Å². The Morgan fingerprint density at radius 2 is 2.00 bits per heavy atom. The predicted molar refractivity (Wildman–Crippen MR) is 57.8 cm³/mol. The fraction of sp³-hybridized carbons (Fsp3) is 0.111. The van der Waals surface area contributed by atoms with Crippen molar-refractivity contribution in [2.45, 2.75) is 6.92 Å². The van der Waals surface area contributed by atoms with E-state index in [1.165, 1.54) is 0 Å². The van der Waals surface area contributed by atoms with Gasteiger partial charge in [-0.25, -0.2) is 4.79 Å². The number of nitrogens with one attached hydrogen (secondary N) is 1. The number of hydrogen-bond acceptors (Lipinski definition) is 1. The van der Waals surface area contributed by atoms with Crippen molar-refractivity contribution in [2.75, 3.05) is 5.32 Å². The number of nitrogens with two attached hydrogens (primary N) is 1. The topological polar surface area (TPSA) is 67.5 Å². The molecule has 3 N–H and O–H groups in total. The molecule has 0 unspecified atom stereocenters. The first-order chi connectivity index (χ1) is 6.58. The first kappa shape index (κ1) is 10.5. The largest absolute Gasteiger partial charge is 0.387 e. The Hall–Kier alpha value is -1.55. The maximum absolute atomic E-state index is 11.1. The van der Waals surface area contributed by atoms with Crippen molar-refractivity contribution in [3.05, 3.63) is 29.3 Å². The third-order valence-electron chi connectivity index (χ3n) is 1.37. The van der Waals surface area contributed by atoms with Gasteiger partial charge in [0, 0.05) is 10.7 Å². The smallest absolute Gasteiger partial charge is 0.347 e. The number of nitrogens with zero attached hydrogens (tertiary/aromatic N) is 1. The van der Waals surface area contributed by atoms with E-state index in [9.17, 15) is 4.79 Å². The van der Waals surface area contributed by atoms with Gasteiger partial charge >= 0.3 is 6.03 Å². The van der Waals surface area contributed by atoms with Crippen molar-refractivity contribution in [3.8, 4) is 0 Å². The van der Waals surface area contributed by atoms with Crippen molar-refractivity contribution in [1.29, 1.82) is 0 Å². The van der Waals surface area contributed by atoms with E-state index in [0.29, 0.717) is 10.7 Å². The highest BCUT2D eigenvalue weighted by Crippen LogP contribution is 2.13. The lowest BCUT2D eigenvalue weighted by Crippen LogP contribution is -2.13. The molecule has 0 atom stereocenters. The van der Waals surface area contributed by atoms with E-state index in [0.717, 1.165) is 0 Å². The van der Waals surface area contributed by atoms with Gasteiger partial charge in [0.15, 0.2) is 0 Å². The van der Waals surface area contributed by atoms with Crippen LogP contribution in [0.5, 0.6) is 0 Å². The molecule has 1 aromatic carbocycles. The molecule has 0 fully saturated rings. The molecule has 0 aromatic heterocycles. The number of halogens is 1. The van der Waals surface area contributed by atoms with Crippen molar-refractivity contribution >= 4 is 29.2 Å². The number of amidine groups is 1. The van der Waals surface area contributed by atoms with E-state index in [4.69, 9.17) is 17.3 Å². The molecule has 0 aliphatic rings. The molecule has 0 saturated carbocycles. The molecule has 5 heteroatoms. The summed E-state index contributed by atoms with van der Waals surface area (Å²) >= 11 is 5.67. The molecular formula is C9H10ClN3O. The summed E-state index contributed by atoms with van der Waals surface area (Å²) in [7, 11) is 0. The minimum atomic E-state index is -0.493. The first-order valence-corrected chi connectivity index (χ1v) is 4.33. The number of anilines is 1. The van der Waals surface area contributed by atoms with E-state index in [1.807, 2.05) is 0 Å². The van der Waals surface area contributed by atoms with E-state index >= 15 is 0 Å². The summed E-state index contributed by atoms with van der Waals surface area (Å²) in [4.78, 5) is 14.6. The Balaban J connectivity index is 2.66. The molecule has 0 bridgehead atoms. The van der Waals surface area contributed by atoms with E-state index in [2.05, 4.69) is 10.3 Å². The number of amides is 2. The molecule has 0 saturated heterocycles. The Kier molecular flexibility index (Phi) is 3.48. The predicted octanol–water partition coefficient (Wildman–Crippen LogP) is 2.25. The second-order valence-corrected chi connectivity index (χ2v) is 3.13. The van der Waals surface area contributed by atoms with Gasteiger partial charge in [0.05, 0.1) is 0 Å². The van der Waals surface area contributed by atoms with Gasteiger partial charge in [-0.2, -0.15) is 4.99 Å². The van der Waals surface area contributed by atoms with E-state index in [-0.39, 0.29) is 5.84 Å². The fourth-order valence-electron chi connectivity index (χ4n) is 0.845. The van der Waals surface area contributed by atoms with E-state index < -0.39 is 6.03 Å². The number of carbonyl (C=O) groups excluding carboxylic acids is 1. The number of hydrogen-bond donors (Lipinski definition) is 2. The van der Waals surface area contributed by atoms with Gasteiger partial charge in [0.2, 0.25) is 0 Å². The zero-order valence-electron chi connectivity index (χ0n) is 7.62. The van der Waals surface area contributed by atoms with Crippen molar-refractivity contribution in [1.82, 2.24) is 0 Å². The van der Waals surface area contributed by atoms with Crippen LogP contribution in [0.1, 0.15) is 6.92 Å². The van der Waals surface area contributed by atoms with Crippen LogP contribution in [0.25, 0.3) is 0 Å². The normalized spacial score (nSPS) is 11.1. The fourth-order valence-corrected chi connectivity index (χ4v) is 0.971. The van der Waals surface area contributed by atoms with Crippen LogP contribution in [0, 0.1) is 0 Å². The molecule has 0 heterocycles. The lowest BCUT2D eigenvalue weighted by atomic mass is 10.3. The average molecular weight is 212 g/mol. The van der Waals surface area contributed by atoms with Gasteiger partial charge in [-0.1, -0.05) is 11.6 Å². The molecule has 0 radical (unpaired) electrons. The summed E-state index contributed by atoms with van der Waals surface area (Å²) in [5, 5.41) is 3.15. The van der Waals surface area contributed by atoms with Crippen LogP contribution >= 0.6 is 11.6 Å². The number of rotatable bonds is 1. The van der Waals surface area contributed by atoms with Crippen LogP contribution in [0.15, 0.2) is 29.3 Å². The Morgan fingerprint density at radius 1 is 1.43 bits per heavy atom. The van der Waals surface area contributed by atoms with Crippen LogP contribution in [0.4, 0.5) is 10.5 Å². The minimum Gasteiger partial charge on any atom is -0.387 e. The first-order valence-electron chi connectivity index (χ1n) is 3.95. The lowest BCUT2D eigenvalue weighted by molar-refractivity contribution is 0.259. The molecule has 1 rings (SSSR count). The molecular weight excluding hydrogens is 202 g/mol. The monoisotopic (exact) mass is 211 g/mol. The van der Waals surface area contributed by atoms with Gasteiger partial charge in [0.1, 0.15) is 5.84 Å². The number of benzene rings is 1. The molecule has 4 nitrogen and oxygen atoms in total. The van der Waals surface area contributed by atoms with Gasteiger partial charge in [-0.05, 0) is 31.2 Å². The highest BCUT2D eigenvalue weighted by molar-refractivity contribution is 6.30. The summed E-state index contributed by atoms with van der Waals surface area (Å²) in [5.74, 6) is 0.219. The highest BCUT2D eigenvalue weighted by atomic mass is 35.5. The quantitative estimate of drug-likeness (QED) is 0.553. The molecule has 14 heavy (non-hydrogen) atoms. The summed E-state index contributed by atoms with van der Waals surface area (Å²) in [5.41, 5.74) is 5.87. The summed E-state index contributed by atoms with van der Waals surface area (Å²) < 4.78 is 0. The van der Waals surface area contributed by atoms with Gasteiger partial charge < -0.3 is 11.1 Å². The molecule has 0 aliphatic heterocycles. The second kappa shape index (κ2) is 4.62. The summed E-state index contributed by atoms with van der Waals surface area (Å²) in [6.45, 7) is 1.54. The Bertz CT molecular complexity index is 355. The maximum Gasteiger partial charge on any atom is 0.347 e. The van der Waals surface area contributed by atoms with Crippen LogP contribution in [-0.2, 0) is 0 Å². The highest BCUT2D eigenvalue weighted by Gasteiger charge is 1.98. The molecule has 0 aliphatic carbocycles. The number of carbonyl (C=O) groups is 1. The third-order valence-corrected chi connectivity index (χ3v) is 1.63. The summed E-state index contributed by atoms with van der Waals surface area (Å²) in [6, 6.07) is 6.22. The van der Waals surface area contributed by atoms with Gasteiger partial charge in [-0.3, -0.25) is 0 Å².